The highest BCUT2D eigenvalue weighted by atomic mass is 16.4. The van der Waals surface area contributed by atoms with E-state index >= 15 is 0 Å². The van der Waals surface area contributed by atoms with Crippen LogP contribution < -0.4 is 5.32 Å². The van der Waals surface area contributed by atoms with Crippen LogP contribution in [0.2, 0.25) is 0 Å². The van der Waals surface area contributed by atoms with E-state index < -0.39 is 5.97 Å². The first-order valence-corrected chi connectivity index (χ1v) is 7.62. The van der Waals surface area contributed by atoms with E-state index in [1.165, 1.54) is 19.3 Å². The average Bonchev–Trinajstić information content (AvgIpc) is 2.46. The largest absolute Gasteiger partial charge is 0.478 e. The Morgan fingerprint density at radius 2 is 1.76 bits per heavy atom. The number of carbonyl (C=O) groups excluding carboxylic acids is 1. The Balaban J connectivity index is 1.82. The summed E-state index contributed by atoms with van der Waals surface area (Å²) in [7, 11) is 0. The second kappa shape index (κ2) is 6.74. The highest BCUT2D eigenvalue weighted by Gasteiger charge is 2.27. The molecule has 1 aliphatic carbocycles. The van der Waals surface area contributed by atoms with E-state index in [9.17, 15) is 9.59 Å². The molecule has 1 fully saturated rings. The van der Waals surface area contributed by atoms with Crippen LogP contribution in [0.25, 0.3) is 0 Å². The summed E-state index contributed by atoms with van der Waals surface area (Å²) < 4.78 is 0. The van der Waals surface area contributed by atoms with Crippen LogP contribution >= 0.6 is 0 Å². The summed E-state index contributed by atoms with van der Waals surface area (Å²) in [6.45, 7) is 2.13. The molecule has 4 heteroatoms. The maximum absolute atomic E-state index is 12.1. The number of carbonyl (C=O) groups is 2. The normalized spacial score (nSPS) is 17.2. The van der Waals surface area contributed by atoms with E-state index in [4.69, 9.17) is 5.11 Å². The summed E-state index contributed by atoms with van der Waals surface area (Å²) in [5, 5.41) is 12.0. The van der Waals surface area contributed by atoms with Crippen LogP contribution in [0.4, 0.5) is 0 Å². The van der Waals surface area contributed by atoms with Crippen molar-refractivity contribution in [3.63, 3.8) is 0 Å². The quantitative estimate of drug-likeness (QED) is 0.875. The van der Waals surface area contributed by atoms with Gasteiger partial charge in [0.2, 0.25) is 5.91 Å². The molecule has 2 N–H and O–H groups in total. The van der Waals surface area contributed by atoms with E-state index in [1.54, 1.807) is 24.3 Å². The molecule has 0 atom stereocenters. The molecule has 4 nitrogen and oxygen atoms in total. The molecule has 0 spiro atoms. The van der Waals surface area contributed by atoms with Gasteiger partial charge < -0.3 is 10.4 Å². The first-order chi connectivity index (χ1) is 9.98. The van der Waals surface area contributed by atoms with Crippen LogP contribution in [0.15, 0.2) is 24.3 Å². The number of hydrogen-bond acceptors (Lipinski definition) is 2. The molecule has 0 heterocycles. The Hall–Kier alpha value is -1.84. The minimum atomic E-state index is -0.926. The lowest BCUT2D eigenvalue weighted by Gasteiger charge is -2.34. The standard InChI is InChI=1S/C17H23NO3/c1-17(11-3-2-4-12-17)18-15(19)10-7-13-5-8-14(9-6-13)16(20)21/h5-6,8-9H,2-4,7,10-12H2,1H3,(H,18,19)(H,20,21). The Bertz CT molecular complexity index is 501. The van der Waals surface area contributed by atoms with Gasteiger partial charge in [-0.1, -0.05) is 31.4 Å². The number of amides is 1. The molecule has 0 unspecified atom stereocenters. The smallest absolute Gasteiger partial charge is 0.335 e. The molecule has 0 radical (unpaired) electrons. The van der Waals surface area contributed by atoms with Crippen molar-refractivity contribution in [3.05, 3.63) is 35.4 Å². The van der Waals surface area contributed by atoms with Crippen LogP contribution in [-0.4, -0.2) is 22.5 Å². The maximum Gasteiger partial charge on any atom is 0.335 e. The lowest BCUT2D eigenvalue weighted by atomic mass is 9.83. The van der Waals surface area contributed by atoms with Crippen LogP contribution in [-0.2, 0) is 11.2 Å². The first kappa shape index (κ1) is 15.5. The summed E-state index contributed by atoms with van der Waals surface area (Å²) in [6.07, 6.45) is 6.85. The van der Waals surface area contributed by atoms with Crippen molar-refractivity contribution in [2.75, 3.05) is 0 Å². The van der Waals surface area contributed by atoms with E-state index in [1.807, 2.05) is 0 Å². The predicted octanol–water partition coefficient (Wildman–Crippen LogP) is 3.16. The van der Waals surface area contributed by atoms with Gasteiger partial charge in [-0.05, 0) is 43.9 Å². The molecule has 0 aromatic heterocycles. The minimum Gasteiger partial charge on any atom is -0.478 e. The number of carboxylic acid groups (broad SMARTS) is 1. The average molecular weight is 289 g/mol. The van der Waals surface area contributed by atoms with Gasteiger partial charge in [0.05, 0.1) is 5.56 Å². The third-order valence-electron chi connectivity index (χ3n) is 4.24. The second-order valence-corrected chi connectivity index (χ2v) is 6.17. The Morgan fingerprint density at radius 1 is 1.14 bits per heavy atom. The zero-order valence-electron chi connectivity index (χ0n) is 12.5. The van der Waals surface area contributed by atoms with E-state index in [0.717, 1.165) is 18.4 Å². The van der Waals surface area contributed by atoms with E-state index in [0.29, 0.717) is 12.8 Å². The first-order valence-electron chi connectivity index (χ1n) is 7.62. The number of nitrogens with one attached hydrogen (secondary N) is 1. The zero-order valence-corrected chi connectivity index (χ0v) is 12.5. The summed E-state index contributed by atoms with van der Waals surface area (Å²) in [5.41, 5.74) is 1.23. The fourth-order valence-corrected chi connectivity index (χ4v) is 2.93. The zero-order chi connectivity index (χ0) is 15.3. The van der Waals surface area contributed by atoms with E-state index in [2.05, 4.69) is 12.2 Å². The molecule has 1 aliphatic rings. The SMILES string of the molecule is CC1(NC(=O)CCc2ccc(C(=O)O)cc2)CCCCC1. The maximum atomic E-state index is 12.1. The van der Waals surface area contributed by atoms with Gasteiger partial charge in [0, 0.05) is 12.0 Å². The number of rotatable bonds is 5. The second-order valence-electron chi connectivity index (χ2n) is 6.17. The molecular formula is C17H23NO3. The van der Waals surface area contributed by atoms with Gasteiger partial charge in [0.25, 0.3) is 0 Å². The lowest BCUT2D eigenvalue weighted by molar-refractivity contribution is -0.123. The van der Waals surface area contributed by atoms with Crippen molar-refractivity contribution in [2.24, 2.45) is 0 Å². The number of carboxylic acids is 1. The minimum absolute atomic E-state index is 0.0392. The van der Waals surface area contributed by atoms with E-state index in [-0.39, 0.29) is 17.0 Å². The molecule has 1 aromatic carbocycles. The highest BCUT2D eigenvalue weighted by molar-refractivity contribution is 5.87. The molecule has 21 heavy (non-hydrogen) atoms. The molecule has 0 bridgehead atoms. The lowest BCUT2D eigenvalue weighted by Crippen LogP contribution is -2.47. The third kappa shape index (κ3) is 4.59. The van der Waals surface area contributed by atoms with Crippen molar-refractivity contribution >= 4 is 11.9 Å². The number of hydrogen-bond donors (Lipinski definition) is 2. The van der Waals surface area contributed by atoms with Gasteiger partial charge in [-0.3, -0.25) is 4.79 Å². The van der Waals surface area contributed by atoms with Crippen molar-refractivity contribution < 1.29 is 14.7 Å². The Morgan fingerprint density at radius 3 is 2.33 bits per heavy atom. The van der Waals surface area contributed by atoms with Gasteiger partial charge in [-0.25, -0.2) is 4.79 Å². The van der Waals surface area contributed by atoms with Crippen molar-refractivity contribution in [2.45, 2.75) is 57.4 Å². The van der Waals surface area contributed by atoms with Crippen molar-refractivity contribution in [3.8, 4) is 0 Å². The summed E-state index contributed by atoms with van der Waals surface area (Å²) in [5.74, 6) is -0.841. The third-order valence-corrected chi connectivity index (χ3v) is 4.24. The number of benzene rings is 1. The molecule has 114 valence electrons. The van der Waals surface area contributed by atoms with Crippen LogP contribution in [0.3, 0.4) is 0 Å². The van der Waals surface area contributed by atoms with Crippen LogP contribution in [0.5, 0.6) is 0 Å². The topological polar surface area (TPSA) is 66.4 Å². The molecule has 1 aromatic rings. The highest BCUT2D eigenvalue weighted by Crippen LogP contribution is 2.27. The fraction of sp³-hybridized carbons (Fsp3) is 0.529. The number of aromatic carboxylic acids is 1. The van der Waals surface area contributed by atoms with Crippen molar-refractivity contribution in [1.29, 1.82) is 0 Å². The van der Waals surface area contributed by atoms with Gasteiger partial charge in [0.15, 0.2) is 0 Å². The summed E-state index contributed by atoms with van der Waals surface area (Å²) >= 11 is 0. The predicted molar refractivity (Wildman–Crippen MR) is 81.4 cm³/mol. The summed E-state index contributed by atoms with van der Waals surface area (Å²) in [6, 6.07) is 6.72. The van der Waals surface area contributed by atoms with Crippen LogP contribution in [0, 0.1) is 0 Å². The molecular weight excluding hydrogens is 266 g/mol. The van der Waals surface area contributed by atoms with Gasteiger partial charge in [-0.2, -0.15) is 0 Å². The monoisotopic (exact) mass is 289 g/mol. The summed E-state index contributed by atoms with van der Waals surface area (Å²) in [4.78, 5) is 22.8. The number of aryl methyl sites for hydroxylation is 1. The molecule has 1 amide bonds. The molecule has 1 saturated carbocycles. The van der Waals surface area contributed by atoms with Crippen molar-refractivity contribution in [1.82, 2.24) is 5.32 Å². The van der Waals surface area contributed by atoms with Gasteiger partial charge >= 0.3 is 5.97 Å². The van der Waals surface area contributed by atoms with Crippen LogP contribution in [0.1, 0.15) is 61.4 Å². The van der Waals surface area contributed by atoms with Gasteiger partial charge in [0.1, 0.15) is 0 Å². The molecule has 0 saturated heterocycles. The fourth-order valence-electron chi connectivity index (χ4n) is 2.93. The molecule has 0 aliphatic heterocycles. The molecule has 2 rings (SSSR count). The Kier molecular flexibility index (Phi) is 4.99. The Labute approximate surface area is 125 Å². The van der Waals surface area contributed by atoms with Gasteiger partial charge in [-0.15, -0.1) is 0 Å².